The molecule has 0 saturated heterocycles. The number of aromatic nitrogens is 2. The number of nitrogens with zero attached hydrogens (tertiary/aromatic N) is 1. The minimum absolute atomic E-state index is 0.0436. The molecule has 0 aliphatic carbocycles. The number of H-pyrrole nitrogens is 1. The number of methoxy groups -OCH3 is 1. The summed E-state index contributed by atoms with van der Waals surface area (Å²) in [6.45, 7) is 0. The van der Waals surface area contributed by atoms with Gasteiger partial charge in [-0.05, 0) is 18.2 Å². The van der Waals surface area contributed by atoms with Crippen molar-refractivity contribution in [3.63, 3.8) is 0 Å². The van der Waals surface area contributed by atoms with Crippen molar-refractivity contribution in [3.8, 4) is 17.0 Å². The number of benzene rings is 1. The largest absolute Gasteiger partial charge is 0.497 e. The van der Waals surface area contributed by atoms with Gasteiger partial charge in [0.05, 0.1) is 12.8 Å². The third-order valence-corrected chi connectivity index (χ3v) is 2.89. The molecule has 3 aromatic rings. The van der Waals surface area contributed by atoms with Gasteiger partial charge in [0.1, 0.15) is 11.4 Å². The number of hydrogen-bond donors (Lipinski definition) is 1. The molecule has 4 nitrogen and oxygen atoms in total. The van der Waals surface area contributed by atoms with Crippen molar-refractivity contribution in [3.05, 3.63) is 59.0 Å². The zero-order valence-electron chi connectivity index (χ0n) is 9.88. The summed E-state index contributed by atoms with van der Waals surface area (Å²) in [4.78, 5) is 14.9. The number of hydrogen-bond acceptors (Lipinski definition) is 2. The third kappa shape index (κ3) is 1.68. The maximum absolute atomic E-state index is 11.7. The van der Waals surface area contributed by atoms with Crippen molar-refractivity contribution in [1.29, 1.82) is 0 Å². The zero-order chi connectivity index (χ0) is 12.5. The molecule has 0 unspecified atom stereocenters. The highest BCUT2D eigenvalue weighted by Gasteiger charge is 2.04. The lowest BCUT2D eigenvalue weighted by Crippen LogP contribution is -2.08. The van der Waals surface area contributed by atoms with E-state index >= 15 is 0 Å². The molecule has 90 valence electrons. The van der Waals surface area contributed by atoms with Gasteiger partial charge in [-0.15, -0.1) is 0 Å². The lowest BCUT2D eigenvalue weighted by atomic mass is 10.1. The first-order valence-corrected chi connectivity index (χ1v) is 5.63. The van der Waals surface area contributed by atoms with Gasteiger partial charge in [-0.1, -0.05) is 18.2 Å². The second-order valence-corrected chi connectivity index (χ2v) is 4.02. The van der Waals surface area contributed by atoms with Crippen molar-refractivity contribution in [2.24, 2.45) is 0 Å². The van der Waals surface area contributed by atoms with E-state index in [2.05, 4.69) is 4.98 Å². The molecule has 2 heterocycles. The van der Waals surface area contributed by atoms with Crippen LogP contribution in [0.4, 0.5) is 0 Å². The van der Waals surface area contributed by atoms with E-state index in [9.17, 15) is 4.79 Å². The minimum Gasteiger partial charge on any atom is -0.497 e. The summed E-state index contributed by atoms with van der Waals surface area (Å²) in [6.07, 6.45) is 1.80. The fourth-order valence-electron chi connectivity index (χ4n) is 1.97. The van der Waals surface area contributed by atoms with Crippen LogP contribution < -0.4 is 10.3 Å². The standard InChI is InChI=1S/C14H12N2O2/c1-18-11-5-2-4-10(8-11)12-9-16-13(15-12)6-3-7-14(16)17/h2-9,15H,1H3. The fraction of sp³-hybridized carbons (Fsp3) is 0.0714. The first kappa shape index (κ1) is 10.7. The Morgan fingerprint density at radius 2 is 2.00 bits per heavy atom. The molecule has 0 spiro atoms. The topological polar surface area (TPSA) is 46.5 Å². The summed E-state index contributed by atoms with van der Waals surface area (Å²) in [5.74, 6) is 0.790. The number of ether oxygens (including phenoxy) is 1. The highest BCUT2D eigenvalue weighted by molar-refractivity contribution is 5.64. The van der Waals surface area contributed by atoms with Gasteiger partial charge in [-0.3, -0.25) is 9.20 Å². The quantitative estimate of drug-likeness (QED) is 0.747. The van der Waals surface area contributed by atoms with Gasteiger partial charge in [0.15, 0.2) is 0 Å². The summed E-state index contributed by atoms with van der Waals surface area (Å²) in [6, 6.07) is 12.8. The minimum atomic E-state index is -0.0436. The summed E-state index contributed by atoms with van der Waals surface area (Å²) < 4.78 is 6.78. The van der Waals surface area contributed by atoms with E-state index in [0.29, 0.717) is 0 Å². The van der Waals surface area contributed by atoms with Crippen LogP contribution in [0.15, 0.2) is 53.5 Å². The van der Waals surface area contributed by atoms with Gasteiger partial charge < -0.3 is 9.72 Å². The van der Waals surface area contributed by atoms with Gasteiger partial charge in [0.25, 0.3) is 5.56 Å². The van der Waals surface area contributed by atoms with Gasteiger partial charge in [0, 0.05) is 17.8 Å². The van der Waals surface area contributed by atoms with Gasteiger partial charge in [-0.2, -0.15) is 0 Å². The predicted octanol–water partition coefficient (Wildman–Crippen LogP) is 2.30. The number of aromatic amines is 1. The average molecular weight is 240 g/mol. The van der Waals surface area contributed by atoms with E-state index < -0.39 is 0 Å². The van der Waals surface area contributed by atoms with Crippen LogP contribution in [-0.4, -0.2) is 16.5 Å². The Morgan fingerprint density at radius 1 is 1.17 bits per heavy atom. The molecule has 0 bridgehead atoms. The van der Waals surface area contributed by atoms with Gasteiger partial charge in [-0.25, -0.2) is 0 Å². The summed E-state index contributed by atoms with van der Waals surface area (Å²) >= 11 is 0. The Kier molecular flexibility index (Phi) is 2.41. The number of nitrogens with one attached hydrogen (secondary N) is 1. The molecule has 0 saturated carbocycles. The van der Waals surface area contributed by atoms with Crippen LogP contribution in [0.3, 0.4) is 0 Å². The number of imidazole rings is 1. The number of rotatable bonds is 2. The summed E-state index contributed by atoms with van der Waals surface area (Å²) in [5, 5.41) is 0. The molecule has 1 aromatic carbocycles. The summed E-state index contributed by atoms with van der Waals surface area (Å²) in [5.41, 5.74) is 2.60. The van der Waals surface area contributed by atoms with Crippen LogP contribution in [0.5, 0.6) is 5.75 Å². The molecule has 1 N–H and O–H groups in total. The smallest absolute Gasteiger partial charge is 0.256 e. The number of pyridine rings is 1. The van der Waals surface area contributed by atoms with E-state index in [0.717, 1.165) is 22.7 Å². The maximum Gasteiger partial charge on any atom is 0.256 e. The highest BCUT2D eigenvalue weighted by atomic mass is 16.5. The van der Waals surface area contributed by atoms with E-state index in [-0.39, 0.29) is 5.56 Å². The molecule has 0 aliphatic rings. The third-order valence-electron chi connectivity index (χ3n) is 2.89. The maximum atomic E-state index is 11.7. The normalized spacial score (nSPS) is 10.7. The average Bonchev–Trinajstić information content (AvgIpc) is 2.84. The SMILES string of the molecule is COc1cccc(-c2cn3c(=O)cccc3[nH]2)c1. The lowest BCUT2D eigenvalue weighted by molar-refractivity contribution is 0.415. The van der Waals surface area contributed by atoms with Crippen LogP contribution in [0.1, 0.15) is 0 Å². The van der Waals surface area contributed by atoms with Crippen molar-refractivity contribution < 1.29 is 4.74 Å². The zero-order valence-corrected chi connectivity index (χ0v) is 9.88. The molecular formula is C14H12N2O2. The van der Waals surface area contributed by atoms with Crippen molar-refractivity contribution in [2.75, 3.05) is 7.11 Å². The molecule has 0 radical (unpaired) electrons. The second kappa shape index (κ2) is 4.07. The van der Waals surface area contributed by atoms with Crippen molar-refractivity contribution >= 4 is 5.65 Å². The molecule has 0 fully saturated rings. The van der Waals surface area contributed by atoms with Gasteiger partial charge in [0.2, 0.25) is 0 Å². The van der Waals surface area contributed by atoms with Gasteiger partial charge >= 0.3 is 0 Å². The van der Waals surface area contributed by atoms with Crippen LogP contribution in [-0.2, 0) is 0 Å². The van der Waals surface area contributed by atoms with Crippen LogP contribution >= 0.6 is 0 Å². The predicted molar refractivity (Wildman–Crippen MR) is 70.0 cm³/mol. The van der Waals surface area contributed by atoms with Crippen molar-refractivity contribution in [1.82, 2.24) is 9.38 Å². The van der Waals surface area contributed by atoms with E-state index in [1.807, 2.05) is 30.3 Å². The Balaban J connectivity index is 2.19. The molecule has 2 aromatic heterocycles. The number of fused-ring (bicyclic) bond motifs is 1. The van der Waals surface area contributed by atoms with E-state index in [1.165, 1.54) is 6.07 Å². The molecule has 0 atom stereocenters. The fourth-order valence-corrected chi connectivity index (χ4v) is 1.97. The lowest BCUT2D eigenvalue weighted by Gasteiger charge is -2.01. The molecule has 0 amide bonds. The molecule has 18 heavy (non-hydrogen) atoms. The van der Waals surface area contributed by atoms with Crippen LogP contribution in [0, 0.1) is 0 Å². The first-order valence-electron chi connectivity index (χ1n) is 5.63. The van der Waals surface area contributed by atoms with E-state index in [4.69, 9.17) is 4.74 Å². The Labute approximate surface area is 103 Å². The monoisotopic (exact) mass is 240 g/mol. The molecular weight excluding hydrogens is 228 g/mol. The van der Waals surface area contributed by atoms with Crippen molar-refractivity contribution in [2.45, 2.75) is 0 Å². The Bertz CT molecular complexity index is 756. The molecule has 3 rings (SSSR count). The Morgan fingerprint density at radius 3 is 2.78 bits per heavy atom. The van der Waals surface area contributed by atoms with Crippen LogP contribution in [0.25, 0.3) is 16.9 Å². The molecule has 4 heteroatoms. The Hall–Kier alpha value is -2.49. The van der Waals surface area contributed by atoms with Crippen LogP contribution in [0.2, 0.25) is 0 Å². The second-order valence-electron chi connectivity index (χ2n) is 4.02. The first-order chi connectivity index (χ1) is 8.78. The summed E-state index contributed by atoms with van der Waals surface area (Å²) in [7, 11) is 1.63. The highest BCUT2D eigenvalue weighted by Crippen LogP contribution is 2.22. The molecule has 0 aliphatic heterocycles. The van der Waals surface area contributed by atoms with E-state index in [1.54, 1.807) is 23.8 Å².